The van der Waals surface area contributed by atoms with Gasteiger partial charge >= 0.3 is 0 Å². The summed E-state index contributed by atoms with van der Waals surface area (Å²) in [6, 6.07) is 15.2. The number of nitrogens with zero attached hydrogens (tertiary/aromatic N) is 2. The lowest BCUT2D eigenvalue weighted by atomic mass is 10.0. The molecule has 2 aromatic heterocycles. The van der Waals surface area contributed by atoms with Gasteiger partial charge in [0.15, 0.2) is 17.7 Å². The molecule has 0 bridgehead atoms. The normalized spacial score (nSPS) is 16.4. The number of carbonyl (C=O) groups is 1. The number of Topliss-reactive ketones (excluding diaryl/α,β-unsaturated/α-hetero) is 1. The van der Waals surface area contributed by atoms with Gasteiger partial charge < -0.3 is 4.74 Å². The zero-order valence-electron chi connectivity index (χ0n) is 12.1. The maximum atomic E-state index is 12.9. The monoisotopic (exact) mass is 290 g/mol. The van der Waals surface area contributed by atoms with Crippen molar-refractivity contribution < 1.29 is 9.53 Å². The Labute approximate surface area is 128 Å². The first kappa shape index (κ1) is 12.8. The third-order valence-corrected chi connectivity index (χ3v) is 3.81. The second kappa shape index (κ2) is 4.84. The summed E-state index contributed by atoms with van der Waals surface area (Å²) in [5.41, 5.74) is 2.54. The summed E-state index contributed by atoms with van der Waals surface area (Å²) in [5.74, 6) is 1.19. The summed E-state index contributed by atoms with van der Waals surface area (Å²) in [6.45, 7) is 2.00. The molecule has 108 valence electrons. The van der Waals surface area contributed by atoms with Crippen molar-refractivity contribution >= 4 is 5.78 Å². The molecule has 0 spiro atoms. The number of ether oxygens (including phenoxy) is 1. The predicted molar refractivity (Wildman–Crippen MR) is 82.4 cm³/mol. The fourth-order valence-electron chi connectivity index (χ4n) is 2.79. The van der Waals surface area contributed by atoms with E-state index in [9.17, 15) is 4.79 Å². The van der Waals surface area contributed by atoms with E-state index < -0.39 is 6.10 Å². The molecule has 0 fully saturated rings. The molecule has 0 saturated carbocycles. The summed E-state index contributed by atoms with van der Waals surface area (Å²) in [5, 5.41) is 0. The topological polar surface area (TPSA) is 44.1 Å². The van der Waals surface area contributed by atoms with Gasteiger partial charge in [-0.3, -0.25) is 9.36 Å². The highest BCUT2D eigenvalue weighted by molar-refractivity contribution is 6.00. The van der Waals surface area contributed by atoms with Crippen LogP contribution in [0.2, 0.25) is 0 Å². The Bertz CT molecular complexity index is 867. The van der Waals surface area contributed by atoms with Crippen LogP contribution in [0.25, 0.3) is 5.82 Å². The highest BCUT2D eigenvalue weighted by atomic mass is 16.5. The van der Waals surface area contributed by atoms with E-state index in [0.717, 1.165) is 11.1 Å². The van der Waals surface area contributed by atoms with Gasteiger partial charge in [0.1, 0.15) is 0 Å². The molecule has 1 aromatic carbocycles. The van der Waals surface area contributed by atoms with Gasteiger partial charge in [-0.25, -0.2) is 4.98 Å². The number of rotatable bonds is 1. The van der Waals surface area contributed by atoms with E-state index in [1.165, 1.54) is 0 Å². The summed E-state index contributed by atoms with van der Waals surface area (Å²) in [4.78, 5) is 17.3. The summed E-state index contributed by atoms with van der Waals surface area (Å²) >= 11 is 0. The van der Waals surface area contributed by atoms with Crippen LogP contribution in [0.4, 0.5) is 0 Å². The molecule has 0 N–H and O–H groups in total. The van der Waals surface area contributed by atoms with Crippen LogP contribution in [0, 0.1) is 6.92 Å². The molecule has 1 aliphatic heterocycles. The first-order chi connectivity index (χ1) is 10.7. The molecule has 4 heteroatoms. The van der Waals surface area contributed by atoms with E-state index in [0.29, 0.717) is 17.3 Å². The third kappa shape index (κ3) is 1.92. The Morgan fingerprint density at radius 3 is 2.91 bits per heavy atom. The second-order valence-corrected chi connectivity index (χ2v) is 5.36. The fourth-order valence-corrected chi connectivity index (χ4v) is 2.79. The Balaban J connectivity index is 1.92. The number of fused-ring (bicyclic) bond motifs is 3. The van der Waals surface area contributed by atoms with Gasteiger partial charge in [-0.05, 0) is 31.2 Å². The van der Waals surface area contributed by atoms with Crippen LogP contribution in [0.5, 0.6) is 5.75 Å². The van der Waals surface area contributed by atoms with Crippen LogP contribution >= 0.6 is 0 Å². The minimum absolute atomic E-state index is 0.0615. The van der Waals surface area contributed by atoms with Crippen molar-refractivity contribution in [2.24, 2.45) is 0 Å². The van der Waals surface area contributed by atoms with Crippen molar-refractivity contribution in [1.29, 1.82) is 0 Å². The summed E-state index contributed by atoms with van der Waals surface area (Å²) in [7, 11) is 0. The standard InChI is InChI=1S/C18H14N2O2/c1-12-5-2-6-13(11-12)17-16(21)14-7-4-10-20(14)18-15(22-17)8-3-9-19-18/h2-11,17H,1H3. The molecule has 1 aliphatic rings. The largest absolute Gasteiger partial charge is 0.474 e. The van der Waals surface area contributed by atoms with Crippen molar-refractivity contribution in [3.8, 4) is 11.6 Å². The van der Waals surface area contributed by atoms with E-state index in [1.807, 2.05) is 55.6 Å². The summed E-state index contributed by atoms with van der Waals surface area (Å²) < 4.78 is 7.80. The first-order valence-corrected chi connectivity index (χ1v) is 7.14. The molecule has 4 rings (SSSR count). The first-order valence-electron chi connectivity index (χ1n) is 7.14. The minimum Gasteiger partial charge on any atom is -0.474 e. The van der Waals surface area contributed by atoms with Crippen LogP contribution in [-0.2, 0) is 0 Å². The molecule has 0 saturated heterocycles. The highest BCUT2D eigenvalue weighted by Gasteiger charge is 2.31. The van der Waals surface area contributed by atoms with Crippen molar-refractivity contribution in [2.75, 3.05) is 0 Å². The van der Waals surface area contributed by atoms with Gasteiger partial charge in [-0.2, -0.15) is 0 Å². The highest BCUT2D eigenvalue weighted by Crippen LogP contribution is 2.34. The van der Waals surface area contributed by atoms with Crippen molar-refractivity contribution in [3.05, 3.63) is 77.7 Å². The third-order valence-electron chi connectivity index (χ3n) is 3.81. The molecule has 1 unspecified atom stereocenters. The van der Waals surface area contributed by atoms with Crippen molar-refractivity contribution in [2.45, 2.75) is 13.0 Å². The van der Waals surface area contributed by atoms with E-state index in [2.05, 4.69) is 4.98 Å². The maximum Gasteiger partial charge on any atom is 0.224 e. The van der Waals surface area contributed by atoms with Crippen LogP contribution in [-0.4, -0.2) is 15.3 Å². The lowest BCUT2D eigenvalue weighted by molar-refractivity contribution is 0.0796. The maximum absolute atomic E-state index is 12.9. The zero-order chi connectivity index (χ0) is 15.1. The number of carbonyl (C=O) groups excluding carboxylic acids is 1. The average Bonchev–Trinajstić information content (AvgIpc) is 2.98. The van der Waals surface area contributed by atoms with Crippen LogP contribution in [0.15, 0.2) is 60.9 Å². The molecular weight excluding hydrogens is 276 g/mol. The fraction of sp³-hybridized carbons (Fsp3) is 0.111. The van der Waals surface area contributed by atoms with Gasteiger partial charge in [0.2, 0.25) is 5.78 Å². The Morgan fingerprint density at radius 2 is 2.05 bits per heavy atom. The smallest absolute Gasteiger partial charge is 0.224 e. The van der Waals surface area contributed by atoms with Crippen molar-refractivity contribution in [1.82, 2.24) is 9.55 Å². The Kier molecular flexibility index (Phi) is 2.82. The molecule has 0 radical (unpaired) electrons. The lowest BCUT2D eigenvalue weighted by Gasteiger charge is -2.16. The van der Waals surface area contributed by atoms with Crippen LogP contribution in [0.1, 0.15) is 27.7 Å². The molecule has 3 aromatic rings. The lowest BCUT2D eigenvalue weighted by Crippen LogP contribution is -2.18. The van der Waals surface area contributed by atoms with Gasteiger partial charge in [0.05, 0.1) is 5.69 Å². The number of aromatic nitrogens is 2. The average molecular weight is 290 g/mol. The van der Waals surface area contributed by atoms with Gasteiger partial charge in [0, 0.05) is 18.0 Å². The van der Waals surface area contributed by atoms with E-state index >= 15 is 0 Å². The number of aryl methyl sites for hydroxylation is 1. The SMILES string of the molecule is Cc1cccc(C2Oc3cccnc3-n3cccc3C2=O)c1. The van der Waals surface area contributed by atoms with Crippen molar-refractivity contribution in [3.63, 3.8) is 0 Å². The van der Waals surface area contributed by atoms with Gasteiger partial charge in [-0.1, -0.05) is 29.8 Å². The van der Waals surface area contributed by atoms with Gasteiger partial charge in [0.25, 0.3) is 0 Å². The number of hydrogen-bond acceptors (Lipinski definition) is 3. The molecule has 0 amide bonds. The second-order valence-electron chi connectivity index (χ2n) is 5.36. The van der Waals surface area contributed by atoms with Gasteiger partial charge in [-0.15, -0.1) is 0 Å². The minimum atomic E-state index is -0.654. The number of pyridine rings is 1. The summed E-state index contributed by atoms with van der Waals surface area (Å²) in [6.07, 6.45) is 2.88. The molecule has 1 atom stereocenters. The Hall–Kier alpha value is -2.88. The molecule has 22 heavy (non-hydrogen) atoms. The zero-order valence-corrected chi connectivity index (χ0v) is 12.1. The predicted octanol–water partition coefficient (Wildman–Crippen LogP) is 3.50. The molecule has 0 aliphatic carbocycles. The van der Waals surface area contributed by atoms with E-state index in [1.54, 1.807) is 16.8 Å². The molecular formula is C18H14N2O2. The van der Waals surface area contributed by atoms with Crippen LogP contribution in [0.3, 0.4) is 0 Å². The van der Waals surface area contributed by atoms with E-state index in [-0.39, 0.29) is 5.78 Å². The van der Waals surface area contributed by atoms with Crippen LogP contribution < -0.4 is 4.74 Å². The molecule has 3 heterocycles. The molecule has 4 nitrogen and oxygen atoms in total. The Morgan fingerprint density at radius 1 is 1.14 bits per heavy atom. The van der Waals surface area contributed by atoms with E-state index in [4.69, 9.17) is 4.74 Å². The number of hydrogen-bond donors (Lipinski definition) is 0. The quantitative estimate of drug-likeness (QED) is 0.689. The number of ketones is 1. The number of benzene rings is 1.